The van der Waals surface area contributed by atoms with E-state index in [4.69, 9.17) is 9.47 Å². The summed E-state index contributed by atoms with van der Waals surface area (Å²) in [6.45, 7) is 0. The van der Waals surface area contributed by atoms with Crippen LogP contribution in [0.1, 0.15) is 5.56 Å². The van der Waals surface area contributed by atoms with Crippen molar-refractivity contribution in [2.24, 2.45) is 0 Å². The lowest BCUT2D eigenvalue weighted by Gasteiger charge is -2.09. The Morgan fingerprint density at radius 3 is 2.23 bits per heavy atom. The second-order valence-electron chi connectivity index (χ2n) is 5.66. The van der Waals surface area contributed by atoms with Gasteiger partial charge in [0.15, 0.2) is 0 Å². The molecule has 0 aliphatic rings. The van der Waals surface area contributed by atoms with E-state index in [1.54, 1.807) is 7.11 Å². The van der Waals surface area contributed by atoms with Gasteiger partial charge in [-0.05, 0) is 66.2 Å². The zero-order valence-corrected chi connectivity index (χ0v) is 15.8. The number of carbonyl (C=O) groups is 1. The van der Waals surface area contributed by atoms with Crippen LogP contribution in [0.2, 0.25) is 0 Å². The van der Waals surface area contributed by atoms with Crippen LogP contribution in [-0.2, 0) is 11.2 Å². The molecular formula is C21H18BrNO3. The minimum Gasteiger partial charge on any atom is -0.497 e. The Morgan fingerprint density at radius 1 is 0.923 bits per heavy atom. The van der Waals surface area contributed by atoms with Crippen LogP contribution in [0.15, 0.2) is 77.3 Å². The van der Waals surface area contributed by atoms with E-state index in [0.29, 0.717) is 5.75 Å². The van der Waals surface area contributed by atoms with E-state index in [1.807, 2.05) is 72.8 Å². The molecule has 0 radical (unpaired) electrons. The molecule has 0 fully saturated rings. The monoisotopic (exact) mass is 411 g/mol. The van der Waals surface area contributed by atoms with Crippen molar-refractivity contribution in [3.63, 3.8) is 0 Å². The zero-order chi connectivity index (χ0) is 18.4. The van der Waals surface area contributed by atoms with Gasteiger partial charge < -0.3 is 14.8 Å². The summed E-state index contributed by atoms with van der Waals surface area (Å²) in [6.07, 6.45) is 0.286. The van der Waals surface area contributed by atoms with Gasteiger partial charge in [0.2, 0.25) is 5.91 Å². The lowest BCUT2D eigenvalue weighted by Crippen LogP contribution is -2.14. The highest BCUT2D eigenvalue weighted by atomic mass is 79.9. The lowest BCUT2D eigenvalue weighted by molar-refractivity contribution is -0.115. The topological polar surface area (TPSA) is 47.6 Å². The number of methoxy groups -OCH3 is 1. The van der Waals surface area contributed by atoms with Gasteiger partial charge in [-0.25, -0.2) is 0 Å². The molecule has 4 nitrogen and oxygen atoms in total. The molecule has 0 spiro atoms. The predicted octanol–water partition coefficient (Wildman–Crippen LogP) is 5.43. The van der Waals surface area contributed by atoms with E-state index in [2.05, 4.69) is 21.2 Å². The number of nitrogens with one attached hydrogen (secondary N) is 1. The van der Waals surface area contributed by atoms with E-state index in [1.165, 1.54) is 0 Å². The Bertz CT molecular complexity index is 877. The van der Waals surface area contributed by atoms with Crippen LogP contribution in [0.4, 0.5) is 5.69 Å². The lowest BCUT2D eigenvalue weighted by atomic mass is 10.1. The van der Waals surface area contributed by atoms with Crippen molar-refractivity contribution in [3.8, 4) is 17.2 Å². The molecular weight excluding hydrogens is 394 g/mol. The maximum absolute atomic E-state index is 12.2. The minimum atomic E-state index is -0.0835. The number of carbonyl (C=O) groups excluding carboxylic acids is 1. The average molecular weight is 412 g/mol. The van der Waals surface area contributed by atoms with E-state index in [0.717, 1.165) is 27.2 Å². The molecule has 132 valence electrons. The van der Waals surface area contributed by atoms with Crippen LogP contribution in [0.3, 0.4) is 0 Å². The Morgan fingerprint density at radius 2 is 1.58 bits per heavy atom. The molecule has 0 aliphatic heterocycles. The largest absolute Gasteiger partial charge is 0.497 e. The number of hydrogen-bond donors (Lipinski definition) is 1. The number of rotatable bonds is 6. The van der Waals surface area contributed by atoms with Crippen molar-refractivity contribution in [2.75, 3.05) is 12.4 Å². The molecule has 3 rings (SSSR count). The van der Waals surface area contributed by atoms with Gasteiger partial charge in [-0.2, -0.15) is 0 Å². The molecule has 0 unspecified atom stereocenters. The molecule has 0 heterocycles. The van der Waals surface area contributed by atoms with Crippen LogP contribution in [0.25, 0.3) is 0 Å². The van der Waals surface area contributed by atoms with Crippen molar-refractivity contribution in [1.82, 2.24) is 0 Å². The first-order valence-electron chi connectivity index (χ1n) is 8.08. The van der Waals surface area contributed by atoms with E-state index >= 15 is 0 Å². The average Bonchev–Trinajstić information content (AvgIpc) is 2.65. The van der Waals surface area contributed by atoms with Crippen molar-refractivity contribution in [1.29, 1.82) is 0 Å². The molecule has 3 aromatic carbocycles. The molecule has 0 aromatic heterocycles. The molecule has 0 aliphatic carbocycles. The second kappa shape index (κ2) is 8.54. The summed E-state index contributed by atoms with van der Waals surface area (Å²) < 4.78 is 11.9. The summed E-state index contributed by atoms with van der Waals surface area (Å²) in [4.78, 5) is 12.2. The van der Waals surface area contributed by atoms with Crippen molar-refractivity contribution >= 4 is 27.5 Å². The van der Waals surface area contributed by atoms with E-state index < -0.39 is 0 Å². The number of halogens is 1. The van der Waals surface area contributed by atoms with E-state index in [9.17, 15) is 4.79 Å². The van der Waals surface area contributed by atoms with Gasteiger partial charge in [-0.3, -0.25) is 4.79 Å². The van der Waals surface area contributed by atoms with Gasteiger partial charge in [0.25, 0.3) is 0 Å². The molecule has 0 saturated heterocycles. The number of ether oxygens (including phenoxy) is 2. The predicted molar refractivity (Wildman–Crippen MR) is 106 cm³/mol. The molecule has 0 saturated carbocycles. The van der Waals surface area contributed by atoms with Gasteiger partial charge in [0, 0.05) is 10.2 Å². The third kappa shape index (κ3) is 5.10. The number of amides is 1. The number of anilines is 1. The van der Waals surface area contributed by atoms with Gasteiger partial charge in [0.1, 0.15) is 17.2 Å². The fourth-order valence-corrected chi connectivity index (χ4v) is 2.68. The molecule has 3 aromatic rings. The highest BCUT2D eigenvalue weighted by molar-refractivity contribution is 9.10. The summed E-state index contributed by atoms with van der Waals surface area (Å²) in [6, 6.07) is 22.4. The maximum atomic E-state index is 12.2. The Kier molecular flexibility index (Phi) is 5.92. The fourth-order valence-electron chi connectivity index (χ4n) is 2.42. The molecule has 0 bridgehead atoms. The van der Waals surface area contributed by atoms with Crippen LogP contribution in [-0.4, -0.2) is 13.0 Å². The fraction of sp³-hybridized carbons (Fsp3) is 0.0952. The molecule has 0 atom stereocenters. The van der Waals surface area contributed by atoms with Crippen molar-refractivity contribution in [3.05, 3.63) is 82.8 Å². The van der Waals surface area contributed by atoms with Gasteiger partial charge in [-0.1, -0.05) is 28.1 Å². The molecule has 5 heteroatoms. The van der Waals surface area contributed by atoms with Crippen molar-refractivity contribution < 1.29 is 14.3 Å². The highest BCUT2D eigenvalue weighted by Gasteiger charge is 2.06. The van der Waals surface area contributed by atoms with Crippen LogP contribution in [0.5, 0.6) is 17.2 Å². The van der Waals surface area contributed by atoms with Gasteiger partial charge >= 0.3 is 0 Å². The van der Waals surface area contributed by atoms with E-state index in [-0.39, 0.29) is 12.3 Å². The summed E-state index contributed by atoms with van der Waals surface area (Å²) in [7, 11) is 1.61. The maximum Gasteiger partial charge on any atom is 0.228 e. The first-order chi connectivity index (χ1) is 12.6. The van der Waals surface area contributed by atoms with Crippen molar-refractivity contribution in [2.45, 2.75) is 6.42 Å². The third-order valence-corrected chi connectivity index (χ3v) is 4.21. The van der Waals surface area contributed by atoms with Gasteiger partial charge in [0.05, 0.1) is 13.5 Å². The molecule has 1 N–H and O–H groups in total. The summed E-state index contributed by atoms with van der Waals surface area (Å²) >= 11 is 3.39. The smallest absolute Gasteiger partial charge is 0.228 e. The second-order valence-corrected chi connectivity index (χ2v) is 6.57. The van der Waals surface area contributed by atoms with Gasteiger partial charge in [-0.15, -0.1) is 0 Å². The minimum absolute atomic E-state index is 0.0835. The normalized spacial score (nSPS) is 10.2. The molecule has 26 heavy (non-hydrogen) atoms. The first-order valence-corrected chi connectivity index (χ1v) is 8.88. The van der Waals surface area contributed by atoms with Crippen LogP contribution >= 0.6 is 15.9 Å². The highest BCUT2D eigenvalue weighted by Crippen LogP contribution is 2.24. The zero-order valence-electron chi connectivity index (χ0n) is 14.2. The standard InChI is InChI=1S/C21H18BrNO3/c1-25-20-4-2-3-15(13-20)14-21(24)23-17-7-11-19(12-8-17)26-18-9-5-16(22)6-10-18/h2-13H,14H2,1H3,(H,23,24). The third-order valence-electron chi connectivity index (χ3n) is 3.69. The summed E-state index contributed by atoms with van der Waals surface area (Å²) in [5.41, 5.74) is 1.62. The first kappa shape index (κ1) is 18.0. The Labute approximate surface area is 160 Å². The van der Waals surface area contributed by atoms with Crippen LogP contribution < -0.4 is 14.8 Å². The molecule has 1 amide bonds. The Balaban J connectivity index is 1.58. The number of hydrogen-bond acceptors (Lipinski definition) is 3. The Hall–Kier alpha value is -2.79. The quantitative estimate of drug-likeness (QED) is 0.587. The summed E-state index contributed by atoms with van der Waals surface area (Å²) in [5, 5.41) is 2.88. The summed E-state index contributed by atoms with van der Waals surface area (Å²) in [5.74, 6) is 2.12. The number of benzene rings is 3. The van der Waals surface area contributed by atoms with Crippen LogP contribution in [0, 0.1) is 0 Å². The SMILES string of the molecule is COc1cccc(CC(=O)Nc2ccc(Oc3ccc(Br)cc3)cc2)c1.